The van der Waals surface area contributed by atoms with Crippen molar-refractivity contribution in [3.8, 4) is 5.75 Å². The van der Waals surface area contributed by atoms with E-state index in [-0.39, 0.29) is 11.8 Å². The van der Waals surface area contributed by atoms with Gasteiger partial charge in [0.15, 0.2) is 0 Å². The molecule has 1 aromatic carbocycles. The monoisotopic (exact) mass is 446 g/mol. The number of aliphatic carboxylic acids is 1. The van der Waals surface area contributed by atoms with Crippen LogP contribution in [0.25, 0.3) is 10.9 Å². The number of ether oxygens (including phenoxy) is 1. The highest BCUT2D eigenvalue weighted by atomic mass is 32.2. The van der Waals surface area contributed by atoms with Crippen molar-refractivity contribution in [2.24, 2.45) is 11.8 Å². The minimum atomic E-state index is -0.718. The van der Waals surface area contributed by atoms with Gasteiger partial charge in [0.1, 0.15) is 5.75 Å². The van der Waals surface area contributed by atoms with Crippen LogP contribution in [0.4, 0.5) is 0 Å². The molecular weight excluding hydrogens is 412 g/mol. The molecule has 1 aliphatic rings. The van der Waals surface area contributed by atoms with Gasteiger partial charge in [-0.1, -0.05) is 6.92 Å². The molecule has 1 saturated heterocycles. The van der Waals surface area contributed by atoms with E-state index in [1.165, 1.54) is 6.42 Å². The molecule has 6 nitrogen and oxygen atoms in total. The van der Waals surface area contributed by atoms with E-state index in [1.807, 2.05) is 36.0 Å². The minimum absolute atomic E-state index is 0.0920. The molecule has 0 bridgehead atoms. The molecule has 0 saturated carbocycles. The van der Waals surface area contributed by atoms with E-state index in [0.29, 0.717) is 19.4 Å². The number of likely N-dealkylation sites (tertiary alicyclic amines) is 1. The predicted octanol–water partition coefficient (Wildman–Crippen LogP) is 4.22. The van der Waals surface area contributed by atoms with Crippen molar-refractivity contribution in [2.75, 3.05) is 38.2 Å². The van der Waals surface area contributed by atoms with E-state index in [0.717, 1.165) is 53.2 Å². The van der Waals surface area contributed by atoms with Gasteiger partial charge in [0.25, 0.3) is 0 Å². The number of aliphatic hydroxyl groups is 1. The van der Waals surface area contributed by atoms with Crippen molar-refractivity contribution in [3.63, 3.8) is 0 Å². The Bertz CT molecular complexity index is 863. The smallest absolute Gasteiger partial charge is 0.308 e. The van der Waals surface area contributed by atoms with Crippen LogP contribution in [0, 0.1) is 11.8 Å². The van der Waals surface area contributed by atoms with Crippen LogP contribution < -0.4 is 4.74 Å². The van der Waals surface area contributed by atoms with Gasteiger partial charge in [-0.15, -0.1) is 0 Å². The number of aliphatic hydroxyl groups excluding tert-OH is 1. The summed E-state index contributed by atoms with van der Waals surface area (Å²) in [5.41, 5.74) is 1.64. The normalized spacial score (nSPS) is 20.6. The number of rotatable bonds is 11. The average molecular weight is 447 g/mol. The molecule has 0 spiro atoms. The van der Waals surface area contributed by atoms with Gasteiger partial charge in [0.05, 0.1) is 24.6 Å². The lowest BCUT2D eigenvalue weighted by molar-refractivity contribution is -0.146. The molecule has 2 aromatic rings. The first-order valence-corrected chi connectivity index (χ1v) is 12.3. The third-order valence-electron chi connectivity index (χ3n) is 6.21. The first kappa shape index (κ1) is 23.8. The van der Waals surface area contributed by atoms with Gasteiger partial charge in [0, 0.05) is 30.4 Å². The highest BCUT2D eigenvalue weighted by Crippen LogP contribution is 2.33. The highest BCUT2D eigenvalue weighted by Gasteiger charge is 2.34. The number of carboxylic acids is 1. The Kier molecular flexibility index (Phi) is 8.99. The summed E-state index contributed by atoms with van der Waals surface area (Å²) >= 11 is 1.94. The third kappa shape index (κ3) is 6.34. The van der Waals surface area contributed by atoms with Crippen LogP contribution in [-0.4, -0.2) is 64.3 Å². The molecule has 2 N–H and O–H groups in total. The van der Waals surface area contributed by atoms with E-state index in [9.17, 15) is 15.0 Å². The van der Waals surface area contributed by atoms with Gasteiger partial charge in [-0.2, -0.15) is 11.8 Å². The van der Waals surface area contributed by atoms with Crippen LogP contribution in [0.2, 0.25) is 0 Å². The van der Waals surface area contributed by atoms with E-state index < -0.39 is 12.1 Å². The Labute approximate surface area is 189 Å². The van der Waals surface area contributed by atoms with Crippen LogP contribution >= 0.6 is 11.8 Å². The number of thioether (sulfide) groups is 1. The minimum Gasteiger partial charge on any atom is -0.497 e. The fraction of sp³-hybridized carbons (Fsp3) is 0.583. The number of benzene rings is 1. The lowest BCUT2D eigenvalue weighted by Gasteiger charge is -2.37. The zero-order valence-corrected chi connectivity index (χ0v) is 19.3. The molecular formula is C24H34N2O4S. The van der Waals surface area contributed by atoms with Crippen molar-refractivity contribution in [1.82, 2.24) is 9.88 Å². The number of hydrogen-bond acceptors (Lipinski definition) is 6. The topological polar surface area (TPSA) is 82.9 Å². The van der Waals surface area contributed by atoms with Crippen molar-refractivity contribution >= 4 is 28.6 Å². The number of nitrogens with zero attached hydrogens (tertiary/aromatic N) is 2. The number of carboxylic acid groups (broad SMARTS) is 1. The number of pyridine rings is 1. The first-order chi connectivity index (χ1) is 15.0. The Morgan fingerprint density at radius 3 is 2.94 bits per heavy atom. The number of carbonyl (C=O) groups is 1. The fourth-order valence-electron chi connectivity index (χ4n) is 4.43. The van der Waals surface area contributed by atoms with Crippen LogP contribution in [0.15, 0.2) is 30.5 Å². The van der Waals surface area contributed by atoms with Gasteiger partial charge in [-0.3, -0.25) is 9.78 Å². The van der Waals surface area contributed by atoms with Gasteiger partial charge in [0.2, 0.25) is 0 Å². The lowest BCUT2D eigenvalue weighted by Crippen LogP contribution is -2.44. The molecule has 0 radical (unpaired) electrons. The fourth-order valence-corrected chi connectivity index (χ4v) is 5.31. The summed E-state index contributed by atoms with van der Waals surface area (Å²) in [6.45, 7) is 4.68. The Hall–Kier alpha value is -1.83. The summed E-state index contributed by atoms with van der Waals surface area (Å²) in [5.74, 6) is 1.95. The molecule has 31 heavy (non-hydrogen) atoms. The van der Waals surface area contributed by atoms with Gasteiger partial charge in [-0.25, -0.2) is 0 Å². The Balaban J connectivity index is 1.61. The second-order valence-corrected chi connectivity index (χ2v) is 9.51. The summed E-state index contributed by atoms with van der Waals surface area (Å²) in [4.78, 5) is 18.6. The summed E-state index contributed by atoms with van der Waals surface area (Å²) in [6.07, 6.45) is 4.33. The van der Waals surface area contributed by atoms with Crippen molar-refractivity contribution in [2.45, 2.75) is 38.7 Å². The second-order valence-electron chi connectivity index (χ2n) is 8.28. The maximum atomic E-state index is 11.9. The molecule has 1 aliphatic heterocycles. The SMILES string of the molecule is CCCSCCN1CC[C@@H](CC[C@H](O)c2ccnc3ccc(OC)cc23)[C@@H](C(=O)O)C1. The number of hydrogen-bond donors (Lipinski definition) is 2. The maximum absolute atomic E-state index is 11.9. The van der Waals surface area contributed by atoms with E-state index in [1.54, 1.807) is 13.3 Å². The van der Waals surface area contributed by atoms with Crippen LogP contribution in [0.3, 0.4) is 0 Å². The summed E-state index contributed by atoms with van der Waals surface area (Å²) in [5, 5.41) is 21.6. The quantitative estimate of drug-likeness (QED) is 0.500. The number of methoxy groups -OCH3 is 1. The summed E-state index contributed by atoms with van der Waals surface area (Å²) in [6, 6.07) is 7.49. The van der Waals surface area contributed by atoms with Crippen molar-refractivity contribution < 1.29 is 19.7 Å². The zero-order valence-electron chi connectivity index (χ0n) is 18.5. The molecule has 3 atom stereocenters. The third-order valence-corrected chi connectivity index (χ3v) is 7.38. The van der Waals surface area contributed by atoms with E-state index in [2.05, 4.69) is 16.8 Å². The van der Waals surface area contributed by atoms with Gasteiger partial charge < -0.3 is 19.8 Å². The molecule has 0 aliphatic carbocycles. The average Bonchev–Trinajstić information content (AvgIpc) is 2.79. The number of fused-ring (bicyclic) bond motifs is 1. The van der Waals surface area contributed by atoms with Gasteiger partial charge >= 0.3 is 5.97 Å². The Morgan fingerprint density at radius 1 is 1.35 bits per heavy atom. The molecule has 0 unspecified atom stereocenters. The van der Waals surface area contributed by atoms with Crippen LogP contribution in [-0.2, 0) is 4.79 Å². The number of piperidine rings is 1. The molecule has 3 rings (SSSR count). The molecule has 170 valence electrons. The van der Waals surface area contributed by atoms with Gasteiger partial charge in [-0.05, 0) is 73.7 Å². The highest BCUT2D eigenvalue weighted by molar-refractivity contribution is 7.99. The van der Waals surface area contributed by atoms with E-state index >= 15 is 0 Å². The lowest BCUT2D eigenvalue weighted by atomic mass is 9.81. The van der Waals surface area contributed by atoms with Crippen molar-refractivity contribution in [1.29, 1.82) is 0 Å². The zero-order chi connectivity index (χ0) is 22.2. The molecule has 1 aromatic heterocycles. The first-order valence-electron chi connectivity index (χ1n) is 11.2. The van der Waals surface area contributed by atoms with E-state index in [4.69, 9.17) is 4.74 Å². The number of aromatic nitrogens is 1. The predicted molar refractivity (Wildman–Crippen MR) is 126 cm³/mol. The summed E-state index contributed by atoms with van der Waals surface area (Å²) < 4.78 is 5.32. The molecule has 0 amide bonds. The second kappa shape index (κ2) is 11.7. The maximum Gasteiger partial charge on any atom is 0.308 e. The summed E-state index contributed by atoms with van der Waals surface area (Å²) in [7, 11) is 1.62. The molecule has 2 heterocycles. The van der Waals surface area contributed by atoms with Crippen molar-refractivity contribution in [3.05, 3.63) is 36.0 Å². The Morgan fingerprint density at radius 2 is 2.19 bits per heavy atom. The standard InChI is InChI=1S/C24H34N2O4S/c1-3-13-31-14-12-26-11-9-17(21(16-26)24(28)29)4-7-23(27)19-8-10-25-22-6-5-18(30-2)15-20(19)22/h5-6,8,10,15,17,21,23,27H,3-4,7,9,11-14,16H2,1-2H3,(H,28,29)/t17-,21+,23+/m1/s1. The molecule has 7 heteroatoms. The molecule has 1 fully saturated rings. The largest absolute Gasteiger partial charge is 0.497 e. The van der Waals surface area contributed by atoms with Crippen LogP contribution in [0.1, 0.15) is 44.3 Å². The van der Waals surface area contributed by atoms with Crippen LogP contribution in [0.5, 0.6) is 5.75 Å².